The van der Waals surface area contributed by atoms with Crippen molar-refractivity contribution in [2.75, 3.05) is 5.73 Å². The molecule has 0 aliphatic carbocycles. The van der Waals surface area contributed by atoms with E-state index in [1.807, 2.05) is 0 Å². The van der Waals surface area contributed by atoms with Gasteiger partial charge < -0.3 is 5.73 Å². The Labute approximate surface area is 99.9 Å². The van der Waals surface area contributed by atoms with Crippen LogP contribution in [0.15, 0.2) is 24.4 Å². The van der Waals surface area contributed by atoms with Crippen molar-refractivity contribution in [2.24, 2.45) is 0 Å². The van der Waals surface area contributed by atoms with Crippen molar-refractivity contribution in [2.45, 2.75) is 13.1 Å². The van der Waals surface area contributed by atoms with Gasteiger partial charge in [0.05, 0.1) is 10.4 Å². The third kappa shape index (κ3) is 2.41. The monoisotopic (exact) mass is 258 g/mol. The second kappa shape index (κ2) is 4.03. The zero-order valence-corrected chi connectivity index (χ0v) is 9.69. The first-order valence-corrected chi connectivity index (χ1v) is 5.59. The van der Waals surface area contributed by atoms with Crippen LogP contribution in [0.4, 0.5) is 18.3 Å². The van der Waals surface area contributed by atoms with Crippen LogP contribution in [0, 0.1) is 6.92 Å². The van der Waals surface area contributed by atoms with Crippen molar-refractivity contribution in [3.63, 3.8) is 0 Å². The Bertz CT molecular complexity index is 546. The highest BCUT2D eigenvalue weighted by Crippen LogP contribution is 2.35. The topological polar surface area (TPSA) is 38.9 Å². The summed E-state index contributed by atoms with van der Waals surface area (Å²) in [6, 6.07) is 3.65. The molecule has 1 aromatic carbocycles. The molecule has 0 saturated heterocycles. The number of alkyl halides is 3. The molecular formula is C11H9F3N2S. The summed E-state index contributed by atoms with van der Waals surface area (Å²) in [5.41, 5.74) is 6.14. The number of aromatic nitrogens is 1. The first-order valence-electron chi connectivity index (χ1n) is 4.77. The van der Waals surface area contributed by atoms with Gasteiger partial charge >= 0.3 is 6.18 Å². The zero-order valence-electron chi connectivity index (χ0n) is 8.88. The van der Waals surface area contributed by atoms with Crippen LogP contribution in [0.25, 0.3) is 10.4 Å². The molecule has 0 amide bonds. The second-order valence-corrected chi connectivity index (χ2v) is 4.65. The molecular weight excluding hydrogens is 249 g/mol. The smallest absolute Gasteiger partial charge is 0.375 e. The average molecular weight is 258 g/mol. The predicted octanol–water partition coefficient (Wildman–Crippen LogP) is 3.72. The van der Waals surface area contributed by atoms with Gasteiger partial charge in [0.15, 0.2) is 5.13 Å². The number of hydrogen-bond acceptors (Lipinski definition) is 3. The van der Waals surface area contributed by atoms with Crippen molar-refractivity contribution in [3.05, 3.63) is 35.5 Å². The van der Waals surface area contributed by atoms with Crippen molar-refractivity contribution in [1.29, 1.82) is 0 Å². The Kier molecular flexibility index (Phi) is 2.82. The lowest BCUT2D eigenvalue weighted by Crippen LogP contribution is -2.05. The molecule has 0 radical (unpaired) electrons. The van der Waals surface area contributed by atoms with Crippen LogP contribution in [-0.4, -0.2) is 4.98 Å². The van der Waals surface area contributed by atoms with Gasteiger partial charge in [0.1, 0.15) is 0 Å². The summed E-state index contributed by atoms with van der Waals surface area (Å²) in [6.07, 6.45) is -2.74. The molecule has 0 unspecified atom stereocenters. The SMILES string of the molecule is Cc1cc(C(F)(F)F)ccc1-c1cnc(N)s1. The van der Waals surface area contributed by atoms with E-state index < -0.39 is 11.7 Å². The fourth-order valence-electron chi connectivity index (χ4n) is 1.53. The van der Waals surface area contributed by atoms with E-state index >= 15 is 0 Å². The minimum Gasteiger partial charge on any atom is -0.375 e. The van der Waals surface area contributed by atoms with E-state index in [-0.39, 0.29) is 0 Å². The molecule has 0 bridgehead atoms. The van der Waals surface area contributed by atoms with E-state index in [1.54, 1.807) is 13.1 Å². The van der Waals surface area contributed by atoms with E-state index in [4.69, 9.17) is 5.73 Å². The number of rotatable bonds is 1. The summed E-state index contributed by atoms with van der Waals surface area (Å²) in [5.74, 6) is 0. The number of benzene rings is 1. The number of nitrogens with zero attached hydrogens (tertiary/aromatic N) is 1. The first-order chi connectivity index (χ1) is 7.88. The predicted molar refractivity (Wildman–Crippen MR) is 61.7 cm³/mol. The molecule has 2 aromatic rings. The molecule has 1 heterocycles. The molecule has 2 rings (SSSR count). The maximum absolute atomic E-state index is 12.5. The van der Waals surface area contributed by atoms with Crippen molar-refractivity contribution in [1.82, 2.24) is 4.98 Å². The fourth-order valence-corrected chi connectivity index (χ4v) is 2.30. The first kappa shape index (κ1) is 11.9. The summed E-state index contributed by atoms with van der Waals surface area (Å²) in [4.78, 5) is 4.65. The van der Waals surface area contributed by atoms with Gasteiger partial charge in [-0.15, -0.1) is 0 Å². The Morgan fingerprint density at radius 2 is 2.00 bits per heavy atom. The van der Waals surface area contributed by atoms with Crippen LogP contribution in [0.1, 0.15) is 11.1 Å². The summed E-state index contributed by atoms with van der Waals surface area (Å²) in [5, 5.41) is 0.402. The highest BCUT2D eigenvalue weighted by Gasteiger charge is 2.30. The number of halogens is 3. The molecule has 0 atom stereocenters. The molecule has 0 aliphatic heterocycles. The molecule has 2 nitrogen and oxygen atoms in total. The van der Waals surface area contributed by atoms with Gasteiger partial charge in [0, 0.05) is 6.20 Å². The quantitative estimate of drug-likeness (QED) is 0.846. The van der Waals surface area contributed by atoms with Crippen LogP contribution in [0.2, 0.25) is 0 Å². The van der Waals surface area contributed by atoms with Gasteiger partial charge in [-0.05, 0) is 30.2 Å². The fraction of sp³-hybridized carbons (Fsp3) is 0.182. The molecule has 17 heavy (non-hydrogen) atoms. The molecule has 6 heteroatoms. The van der Waals surface area contributed by atoms with Crippen LogP contribution in [0.5, 0.6) is 0 Å². The molecule has 0 fully saturated rings. The Morgan fingerprint density at radius 3 is 2.47 bits per heavy atom. The second-order valence-electron chi connectivity index (χ2n) is 3.59. The summed E-state index contributed by atoms with van der Waals surface area (Å²) < 4.78 is 37.4. The van der Waals surface area contributed by atoms with Gasteiger partial charge in [0.2, 0.25) is 0 Å². The molecule has 2 N–H and O–H groups in total. The summed E-state index contributed by atoms with van der Waals surface area (Å²) in [7, 11) is 0. The Hall–Kier alpha value is -1.56. The normalized spacial score (nSPS) is 11.8. The number of aryl methyl sites for hydroxylation is 1. The van der Waals surface area contributed by atoms with Gasteiger partial charge in [-0.1, -0.05) is 17.4 Å². The average Bonchev–Trinajstić information content (AvgIpc) is 2.63. The van der Waals surface area contributed by atoms with Crippen LogP contribution >= 0.6 is 11.3 Å². The van der Waals surface area contributed by atoms with Crippen LogP contribution in [0.3, 0.4) is 0 Å². The largest absolute Gasteiger partial charge is 0.416 e. The number of nitrogen functional groups attached to an aromatic ring is 1. The van der Waals surface area contributed by atoms with Gasteiger partial charge in [-0.2, -0.15) is 13.2 Å². The molecule has 1 aromatic heterocycles. The maximum Gasteiger partial charge on any atom is 0.416 e. The van der Waals surface area contributed by atoms with Gasteiger partial charge in [0.25, 0.3) is 0 Å². The molecule has 0 aliphatic rings. The van der Waals surface area contributed by atoms with E-state index in [0.717, 1.165) is 22.6 Å². The lowest BCUT2D eigenvalue weighted by molar-refractivity contribution is -0.137. The highest BCUT2D eigenvalue weighted by atomic mass is 32.1. The van der Waals surface area contributed by atoms with Crippen molar-refractivity contribution in [3.8, 4) is 10.4 Å². The van der Waals surface area contributed by atoms with E-state index in [0.29, 0.717) is 10.7 Å². The number of thiazole rings is 1. The van der Waals surface area contributed by atoms with Gasteiger partial charge in [-0.25, -0.2) is 4.98 Å². The maximum atomic E-state index is 12.5. The van der Waals surface area contributed by atoms with Crippen molar-refractivity contribution >= 4 is 16.5 Å². The van der Waals surface area contributed by atoms with E-state index in [2.05, 4.69) is 4.98 Å². The standard InChI is InChI=1S/C11H9F3N2S/c1-6-4-7(11(12,13)14)2-3-8(6)9-5-16-10(15)17-9/h2-5H,1H3,(H2,15,16). The minimum absolute atomic E-state index is 0.402. The number of hydrogen-bond donors (Lipinski definition) is 1. The van der Waals surface area contributed by atoms with Gasteiger partial charge in [-0.3, -0.25) is 0 Å². The molecule has 90 valence electrons. The van der Waals surface area contributed by atoms with E-state index in [1.165, 1.54) is 17.4 Å². The lowest BCUT2D eigenvalue weighted by Gasteiger charge is -2.09. The lowest BCUT2D eigenvalue weighted by atomic mass is 10.0. The van der Waals surface area contributed by atoms with E-state index in [9.17, 15) is 13.2 Å². The zero-order chi connectivity index (χ0) is 12.6. The third-order valence-electron chi connectivity index (χ3n) is 2.34. The summed E-state index contributed by atoms with van der Waals surface area (Å²) >= 11 is 1.25. The van der Waals surface area contributed by atoms with Crippen molar-refractivity contribution < 1.29 is 13.2 Å². The highest BCUT2D eigenvalue weighted by molar-refractivity contribution is 7.18. The van der Waals surface area contributed by atoms with Crippen LogP contribution < -0.4 is 5.73 Å². The minimum atomic E-state index is -4.31. The third-order valence-corrected chi connectivity index (χ3v) is 3.20. The van der Waals surface area contributed by atoms with Crippen LogP contribution in [-0.2, 0) is 6.18 Å². The molecule has 0 saturated carbocycles. The molecule has 0 spiro atoms. The number of anilines is 1. The Morgan fingerprint density at radius 1 is 1.29 bits per heavy atom. The number of nitrogens with two attached hydrogens (primary N) is 1. The summed E-state index contributed by atoms with van der Waals surface area (Å²) in [6.45, 7) is 1.64. The Balaban J connectivity index is 2.45.